The number of carbonyl (C=O) groups is 1. The van der Waals surface area contributed by atoms with Gasteiger partial charge in [-0.3, -0.25) is 14.6 Å². The monoisotopic (exact) mass is 768 g/mol. The Morgan fingerprint density at radius 3 is 2.57 bits per heavy atom. The fourth-order valence-corrected chi connectivity index (χ4v) is 11.0. The summed E-state index contributed by atoms with van der Waals surface area (Å²) in [5.74, 6) is 0.466. The zero-order valence-electron chi connectivity index (χ0n) is 31.8. The molecule has 290 valence electrons. The highest BCUT2D eigenvalue weighted by Gasteiger charge is 2.50. The first-order valence-electron chi connectivity index (χ1n) is 19.5. The maximum absolute atomic E-state index is 13.6. The summed E-state index contributed by atoms with van der Waals surface area (Å²) in [7, 11) is -0.356. The van der Waals surface area contributed by atoms with E-state index in [4.69, 9.17) is 25.8 Å². The molecule has 2 fully saturated rings. The van der Waals surface area contributed by atoms with Gasteiger partial charge in [-0.2, -0.15) is 0 Å². The average molecular weight is 769 g/mol. The number of carbonyl (C=O) groups excluding carboxylic acids is 1. The number of methoxy groups -OCH3 is 2. The molecule has 1 amide bonds. The van der Waals surface area contributed by atoms with Crippen LogP contribution in [0.15, 0.2) is 48.6 Å². The summed E-state index contributed by atoms with van der Waals surface area (Å²) < 4.78 is 48.3. The SMILES string of the molecule is COCCN1CCN(C[C@@]2(OC)/C=C/C[C@H](C)[C@@H](C)S(=O)(=O)NC(=O)c3ccc4c(c3)N(C[C@@H]3CC[C@H]32)C[C@@]2(CCCc3cc(Cl)ccc32)CO4)CC1. The molecule has 0 radical (unpaired) electrons. The maximum atomic E-state index is 13.6. The van der Waals surface area contributed by atoms with E-state index in [-0.39, 0.29) is 17.3 Å². The molecule has 3 heterocycles. The van der Waals surface area contributed by atoms with Gasteiger partial charge in [-0.25, -0.2) is 13.1 Å². The lowest BCUT2D eigenvalue weighted by Crippen LogP contribution is -2.59. The van der Waals surface area contributed by atoms with E-state index in [0.29, 0.717) is 30.3 Å². The van der Waals surface area contributed by atoms with E-state index in [0.717, 1.165) is 102 Å². The number of hydrogen-bond acceptors (Lipinski definition) is 9. The van der Waals surface area contributed by atoms with Crippen LogP contribution >= 0.6 is 11.6 Å². The van der Waals surface area contributed by atoms with E-state index < -0.39 is 26.8 Å². The van der Waals surface area contributed by atoms with Crippen molar-refractivity contribution in [1.29, 1.82) is 0 Å². The Labute approximate surface area is 321 Å². The number of nitrogens with zero attached hydrogens (tertiary/aromatic N) is 3. The molecule has 1 saturated heterocycles. The van der Waals surface area contributed by atoms with Crippen LogP contribution < -0.4 is 14.4 Å². The molecule has 12 heteroatoms. The first kappa shape index (κ1) is 38.6. The molecule has 2 aliphatic carbocycles. The summed E-state index contributed by atoms with van der Waals surface area (Å²) in [5, 5.41) is -0.0337. The molecule has 2 aromatic carbocycles. The predicted octanol–water partition coefficient (Wildman–Crippen LogP) is 5.53. The van der Waals surface area contributed by atoms with Gasteiger partial charge in [0, 0.05) is 82.6 Å². The van der Waals surface area contributed by atoms with Gasteiger partial charge in [0.15, 0.2) is 0 Å². The number of fused-ring (bicyclic) bond motifs is 4. The molecule has 2 bridgehead atoms. The van der Waals surface area contributed by atoms with E-state index in [1.807, 2.05) is 32.2 Å². The number of benzene rings is 2. The Morgan fingerprint density at radius 2 is 1.83 bits per heavy atom. The number of rotatable bonds is 6. The van der Waals surface area contributed by atoms with Gasteiger partial charge in [-0.05, 0) is 105 Å². The second-order valence-corrected chi connectivity index (χ2v) is 18.8. The number of sulfonamides is 1. The second kappa shape index (κ2) is 15.8. The quantitative estimate of drug-likeness (QED) is 0.381. The van der Waals surface area contributed by atoms with Crippen molar-refractivity contribution in [3.05, 3.63) is 70.3 Å². The van der Waals surface area contributed by atoms with Gasteiger partial charge in [0.2, 0.25) is 10.0 Å². The highest BCUT2D eigenvalue weighted by molar-refractivity contribution is 7.90. The fraction of sp³-hybridized carbons (Fsp3) is 0.634. The van der Waals surface area contributed by atoms with Crippen molar-refractivity contribution in [2.24, 2.45) is 17.8 Å². The van der Waals surface area contributed by atoms with Crippen molar-refractivity contribution in [2.75, 3.05) is 84.7 Å². The zero-order valence-corrected chi connectivity index (χ0v) is 33.4. The topological polar surface area (TPSA) is 101 Å². The van der Waals surface area contributed by atoms with Gasteiger partial charge in [0.1, 0.15) is 11.4 Å². The van der Waals surface area contributed by atoms with Crippen LogP contribution in [0, 0.1) is 17.8 Å². The van der Waals surface area contributed by atoms with Crippen LogP contribution in [0.2, 0.25) is 5.02 Å². The van der Waals surface area contributed by atoms with Crippen LogP contribution in [0.1, 0.15) is 67.4 Å². The molecule has 7 rings (SSSR count). The first-order valence-corrected chi connectivity index (χ1v) is 21.4. The third kappa shape index (κ3) is 7.89. The molecule has 6 atom stereocenters. The predicted molar refractivity (Wildman–Crippen MR) is 210 cm³/mol. The second-order valence-electron chi connectivity index (χ2n) is 16.3. The molecule has 5 aliphatic rings. The summed E-state index contributed by atoms with van der Waals surface area (Å²) >= 11 is 6.50. The molecule has 1 saturated carbocycles. The molecular weight excluding hydrogens is 712 g/mol. The molecule has 3 aliphatic heterocycles. The number of halogens is 1. The van der Waals surface area contributed by atoms with Gasteiger partial charge in [-0.1, -0.05) is 36.7 Å². The number of hydrogen-bond donors (Lipinski definition) is 1. The standard InChI is InChI=1S/C41H57ClN4O6S/c1-29-7-5-16-41(51-4,27-45-19-17-44(18-20-45)21-22-50-3)36-12-9-33(36)25-46-26-40(15-6-8-31-23-34(42)11-13-35(31)40)28-52-38-14-10-32(24-37(38)46)39(47)43-53(48,49)30(29)2/h5,10-11,13-14,16,23-24,29-30,33,36H,6-9,12,15,17-22,25-28H2,1-4H3,(H,43,47)/b16-5+/t29-,30+,33-,36+,40-,41-/m0/s1. The summed E-state index contributed by atoms with van der Waals surface area (Å²) in [5.41, 5.74) is 2.88. The number of aryl methyl sites for hydroxylation is 1. The van der Waals surface area contributed by atoms with Crippen LogP contribution in [0.4, 0.5) is 5.69 Å². The lowest BCUT2D eigenvalue weighted by molar-refractivity contribution is -0.0957. The van der Waals surface area contributed by atoms with Gasteiger partial charge in [0.05, 0.1) is 24.2 Å². The summed E-state index contributed by atoms with van der Waals surface area (Å²) in [6.45, 7) is 12.0. The van der Waals surface area contributed by atoms with E-state index in [2.05, 4.69) is 43.7 Å². The minimum absolute atomic E-state index is 0.221. The summed E-state index contributed by atoms with van der Waals surface area (Å²) in [6.07, 6.45) is 10.1. The fourth-order valence-electron chi connectivity index (χ4n) is 9.55. The number of ether oxygens (including phenoxy) is 3. The Kier molecular flexibility index (Phi) is 11.5. The van der Waals surface area contributed by atoms with Crippen molar-refractivity contribution in [2.45, 2.75) is 68.6 Å². The van der Waals surface area contributed by atoms with Gasteiger partial charge >= 0.3 is 0 Å². The highest BCUT2D eigenvalue weighted by atomic mass is 35.5. The smallest absolute Gasteiger partial charge is 0.264 e. The lowest BCUT2D eigenvalue weighted by atomic mass is 9.63. The number of amides is 1. The minimum Gasteiger partial charge on any atom is -0.490 e. The van der Waals surface area contributed by atoms with Crippen molar-refractivity contribution >= 4 is 33.2 Å². The summed E-state index contributed by atoms with van der Waals surface area (Å²) in [4.78, 5) is 21.1. The molecule has 10 nitrogen and oxygen atoms in total. The molecule has 1 spiro atoms. The number of anilines is 1. The number of nitrogens with one attached hydrogen (secondary N) is 1. The van der Waals surface area contributed by atoms with Crippen molar-refractivity contribution in [3.8, 4) is 5.75 Å². The van der Waals surface area contributed by atoms with E-state index in [1.54, 1.807) is 20.1 Å². The Balaban J connectivity index is 1.27. The average Bonchev–Trinajstić information content (AvgIpc) is 3.28. The normalized spacial score (nSPS) is 32.8. The van der Waals surface area contributed by atoms with Crippen LogP contribution in [0.3, 0.4) is 0 Å². The van der Waals surface area contributed by atoms with Gasteiger partial charge < -0.3 is 19.1 Å². The maximum Gasteiger partial charge on any atom is 0.264 e. The van der Waals surface area contributed by atoms with Gasteiger partial charge in [0.25, 0.3) is 5.91 Å². The van der Waals surface area contributed by atoms with Crippen LogP contribution in [0.25, 0.3) is 0 Å². The highest BCUT2D eigenvalue weighted by Crippen LogP contribution is 2.49. The minimum atomic E-state index is -3.96. The van der Waals surface area contributed by atoms with E-state index in [9.17, 15) is 13.2 Å². The molecular formula is C41H57ClN4O6S. The molecule has 0 unspecified atom stereocenters. The van der Waals surface area contributed by atoms with Crippen molar-refractivity contribution in [1.82, 2.24) is 14.5 Å². The molecule has 53 heavy (non-hydrogen) atoms. The molecule has 2 aromatic rings. The third-order valence-corrected chi connectivity index (χ3v) is 15.3. The Bertz CT molecular complexity index is 1780. The van der Waals surface area contributed by atoms with E-state index >= 15 is 0 Å². The third-order valence-electron chi connectivity index (χ3n) is 13.2. The first-order chi connectivity index (χ1) is 25.5. The lowest BCUT2D eigenvalue weighted by Gasteiger charge is -2.52. The van der Waals surface area contributed by atoms with E-state index in [1.165, 1.54) is 11.1 Å². The zero-order chi connectivity index (χ0) is 37.4. The van der Waals surface area contributed by atoms with Crippen LogP contribution in [-0.4, -0.2) is 115 Å². The molecule has 0 aromatic heterocycles. The largest absolute Gasteiger partial charge is 0.490 e. The van der Waals surface area contributed by atoms with Crippen LogP contribution in [-0.2, 0) is 31.3 Å². The van der Waals surface area contributed by atoms with Crippen molar-refractivity contribution in [3.63, 3.8) is 0 Å². The Hall–Kier alpha value is -2.67. The number of allylic oxidation sites excluding steroid dienone is 1. The van der Waals surface area contributed by atoms with Crippen LogP contribution in [0.5, 0.6) is 5.75 Å². The van der Waals surface area contributed by atoms with Crippen molar-refractivity contribution < 1.29 is 27.4 Å². The summed E-state index contributed by atoms with van der Waals surface area (Å²) in [6, 6.07) is 11.6. The Morgan fingerprint density at radius 1 is 1.04 bits per heavy atom. The van der Waals surface area contributed by atoms with Gasteiger partial charge in [-0.15, -0.1) is 0 Å². The number of piperazine rings is 1. The molecule has 1 N–H and O–H groups in total.